The summed E-state index contributed by atoms with van der Waals surface area (Å²) in [6.07, 6.45) is 3.79. The first-order chi connectivity index (χ1) is 11.1. The largest absolute Gasteiger partial charge is 0.487 e. The molecule has 5 heteroatoms. The zero-order valence-corrected chi connectivity index (χ0v) is 13.3. The minimum absolute atomic E-state index is 0.0977. The molecule has 0 aliphatic carbocycles. The van der Waals surface area contributed by atoms with Crippen LogP contribution in [0.4, 0.5) is 5.69 Å². The lowest BCUT2D eigenvalue weighted by Crippen LogP contribution is -2.06. The van der Waals surface area contributed by atoms with Crippen molar-refractivity contribution in [3.8, 4) is 5.75 Å². The standard InChI is InChI=1S/C18H19N3O2/c1-4-13(5-2)17-9-16-11-23-18-8-15(19-12(3)22)7-6-14(18)10-21(16)20-17/h4-9H,1,10-11H2,2-3H3,(H,19,22)/b13-5+. The summed E-state index contributed by atoms with van der Waals surface area (Å²) in [5, 5.41) is 7.42. The quantitative estimate of drug-likeness (QED) is 0.884. The Morgan fingerprint density at radius 3 is 2.96 bits per heavy atom. The van der Waals surface area contributed by atoms with E-state index in [0.29, 0.717) is 13.2 Å². The van der Waals surface area contributed by atoms with Crippen molar-refractivity contribution in [2.24, 2.45) is 0 Å². The summed E-state index contributed by atoms with van der Waals surface area (Å²) in [7, 11) is 0. The summed E-state index contributed by atoms with van der Waals surface area (Å²) in [6, 6.07) is 7.71. The molecule has 23 heavy (non-hydrogen) atoms. The van der Waals surface area contributed by atoms with Gasteiger partial charge in [0.05, 0.1) is 17.9 Å². The SMILES string of the molecule is C=C/C(=C\C)c1cc2n(n1)Cc1ccc(NC(C)=O)cc1OC2. The normalized spacial score (nSPS) is 13.4. The van der Waals surface area contributed by atoms with Crippen molar-refractivity contribution in [1.82, 2.24) is 9.78 Å². The van der Waals surface area contributed by atoms with E-state index in [1.165, 1.54) is 6.92 Å². The fourth-order valence-corrected chi connectivity index (χ4v) is 2.63. The van der Waals surface area contributed by atoms with Crippen molar-refractivity contribution in [2.75, 3.05) is 5.32 Å². The molecular formula is C18H19N3O2. The zero-order chi connectivity index (χ0) is 16.4. The summed E-state index contributed by atoms with van der Waals surface area (Å²) in [5.74, 6) is 0.678. The summed E-state index contributed by atoms with van der Waals surface area (Å²) < 4.78 is 7.85. The van der Waals surface area contributed by atoms with E-state index in [9.17, 15) is 4.79 Å². The van der Waals surface area contributed by atoms with Crippen LogP contribution < -0.4 is 10.1 Å². The Labute approximate surface area is 135 Å². The fraction of sp³-hybridized carbons (Fsp3) is 0.222. The average molecular weight is 309 g/mol. The molecule has 118 valence electrons. The Balaban J connectivity index is 1.91. The lowest BCUT2D eigenvalue weighted by molar-refractivity contribution is -0.114. The smallest absolute Gasteiger partial charge is 0.221 e. The highest BCUT2D eigenvalue weighted by atomic mass is 16.5. The molecule has 1 aliphatic rings. The van der Waals surface area contributed by atoms with Crippen LogP contribution >= 0.6 is 0 Å². The Morgan fingerprint density at radius 2 is 2.26 bits per heavy atom. The molecular weight excluding hydrogens is 290 g/mol. The van der Waals surface area contributed by atoms with Gasteiger partial charge in [0.1, 0.15) is 12.4 Å². The van der Waals surface area contributed by atoms with Gasteiger partial charge in [-0.15, -0.1) is 0 Å². The number of benzene rings is 1. The number of ether oxygens (including phenoxy) is 1. The summed E-state index contributed by atoms with van der Waals surface area (Å²) in [5.41, 5.74) is 4.69. The van der Waals surface area contributed by atoms with Gasteiger partial charge in [0.15, 0.2) is 0 Å². The molecule has 3 rings (SSSR count). The van der Waals surface area contributed by atoms with Gasteiger partial charge in [-0.2, -0.15) is 5.10 Å². The Kier molecular flexibility index (Phi) is 4.02. The second-order valence-corrected chi connectivity index (χ2v) is 5.42. The third-order valence-electron chi connectivity index (χ3n) is 3.77. The summed E-state index contributed by atoms with van der Waals surface area (Å²) in [6.45, 7) is 8.36. The topological polar surface area (TPSA) is 56.2 Å². The molecule has 0 atom stereocenters. The predicted molar refractivity (Wildman–Crippen MR) is 90.3 cm³/mol. The minimum Gasteiger partial charge on any atom is -0.487 e. The first kappa shape index (κ1) is 15.1. The van der Waals surface area contributed by atoms with Gasteiger partial charge in [0.25, 0.3) is 0 Å². The van der Waals surface area contributed by atoms with Crippen LogP contribution in [-0.4, -0.2) is 15.7 Å². The van der Waals surface area contributed by atoms with E-state index in [1.807, 2.05) is 41.9 Å². The molecule has 5 nitrogen and oxygen atoms in total. The van der Waals surface area contributed by atoms with E-state index < -0.39 is 0 Å². The van der Waals surface area contributed by atoms with E-state index in [0.717, 1.165) is 34.0 Å². The van der Waals surface area contributed by atoms with Gasteiger partial charge < -0.3 is 10.1 Å². The highest BCUT2D eigenvalue weighted by Crippen LogP contribution is 2.29. The van der Waals surface area contributed by atoms with Gasteiger partial charge in [0.2, 0.25) is 5.91 Å². The molecule has 2 heterocycles. The van der Waals surface area contributed by atoms with Gasteiger partial charge in [-0.1, -0.05) is 24.8 Å². The van der Waals surface area contributed by atoms with Crippen LogP contribution in [0.15, 0.2) is 43.0 Å². The number of rotatable bonds is 3. The minimum atomic E-state index is -0.0977. The molecule has 0 unspecified atom stereocenters. The van der Waals surface area contributed by atoms with Gasteiger partial charge in [-0.05, 0) is 24.6 Å². The third kappa shape index (κ3) is 3.04. The Morgan fingerprint density at radius 1 is 1.43 bits per heavy atom. The van der Waals surface area contributed by atoms with E-state index >= 15 is 0 Å². The molecule has 1 amide bonds. The van der Waals surface area contributed by atoms with Gasteiger partial charge in [-0.3, -0.25) is 9.48 Å². The average Bonchev–Trinajstić information content (AvgIpc) is 2.83. The molecule has 1 N–H and O–H groups in total. The molecule has 1 aromatic carbocycles. The monoisotopic (exact) mass is 309 g/mol. The number of hydrogen-bond donors (Lipinski definition) is 1. The van der Waals surface area contributed by atoms with Crippen LogP contribution in [-0.2, 0) is 17.9 Å². The first-order valence-electron chi connectivity index (χ1n) is 7.50. The van der Waals surface area contributed by atoms with E-state index in [2.05, 4.69) is 17.0 Å². The number of aromatic nitrogens is 2. The number of anilines is 1. The molecule has 0 saturated carbocycles. The number of nitrogens with one attached hydrogen (secondary N) is 1. The number of allylic oxidation sites excluding steroid dienone is 3. The van der Waals surface area contributed by atoms with Crippen LogP contribution in [0.2, 0.25) is 0 Å². The van der Waals surface area contributed by atoms with Crippen molar-refractivity contribution in [2.45, 2.75) is 27.0 Å². The lowest BCUT2D eigenvalue weighted by Gasteiger charge is -2.09. The maximum Gasteiger partial charge on any atom is 0.221 e. The van der Waals surface area contributed by atoms with Crippen LogP contribution in [0.3, 0.4) is 0 Å². The van der Waals surface area contributed by atoms with Gasteiger partial charge in [-0.25, -0.2) is 0 Å². The fourth-order valence-electron chi connectivity index (χ4n) is 2.63. The second kappa shape index (κ2) is 6.12. The predicted octanol–water partition coefficient (Wildman–Crippen LogP) is 3.37. The van der Waals surface area contributed by atoms with E-state index in [4.69, 9.17) is 4.74 Å². The number of carbonyl (C=O) groups is 1. The molecule has 1 aromatic heterocycles. The van der Waals surface area contributed by atoms with Crippen molar-refractivity contribution in [3.63, 3.8) is 0 Å². The molecule has 0 bridgehead atoms. The maximum absolute atomic E-state index is 11.2. The highest BCUT2D eigenvalue weighted by molar-refractivity contribution is 5.88. The molecule has 0 radical (unpaired) electrons. The lowest BCUT2D eigenvalue weighted by atomic mass is 10.2. The molecule has 1 aliphatic heterocycles. The van der Waals surface area contributed by atoms with Crippen LogP contribution in [0.5, 0.6) is 5.75 Å². The number of hydrogen-bond acceptors (Lipinski definition) is 3. The zero-order valence-electron chi connectivity index (χ0n) is 13.3. The number of nitrogens with zero attached hydrogens (tertiary/aromatic N) is 2. The van der Waals surface area contributed by atoms with Crippen molar-refractivity contribution < 1.29 is 9.53 Å². The Bertz CT molecular complexity index is 803. The second-order valence-electron chi connectivity index (χ2n) is 5.42. The Hall–Kier alpha value is -2.82. The molecule has 0 saturated heterocycles. The molecule has 2 aromatic rings. The van der Waals surface area contributed by atoms with Crippen LogP contribution in [0, 0.1) is 0 Å². The number of carbonyl (C=O) groups excluding carboxylic acids is 1. The van der Waals surface area contributed by atoms with Crippen molar-refractivity contribution in [3.05, 3.63) is 59.9 Å². The van der Waals surface area contributed by atoms with Gasteiger partial charge >= 0.3 is 0 Å². The maximum atomic E-state index is 11.2. The number of amides is 1. The van der Waals surface area contributed by atoms with E-state index in [1.54, 1.807) is 6.08 Å². The number of fused-ring (bicyclic) bond motifs is 2. The van der Waals surface area contributed by atoms with Crippen molar-refractivity contribution >= 4 is 17.2 Å². The van der Waals surface area contributed by atoms with Gasteiger partial charge in [0, 0.05) is 24.2 Å². The van der Waals surface area contributed by atoms with Crippen molar-refractivity contribution in [1.29, 1.82) is 0 Å². The molecule has 0 fully saturated rings. The van der Waals surface area contributed by atoms with E-state index in [-0.39, 0.29) is 5.91 Å². The summed E-state index contributed by atoms with van der Waals surface area (Å²) in [4.78, 5) is 11.2. The first-order valence-corrected chi connectivity index (χ1v) is 7.50. The van der Waals surface area contributed by atoms with Crippen LogP contribution in [0.25, 0.3) is 5.57 Å². The third-order valence-corrected chi connectivity index (χ3v) is 3.77. The summed E-state index contributed by atoms with van der Waals surface area (Å²) >= 11 is 0. The highest BCUT2D eigenvalue weighted by Gasteiger charge is 2.17. The molecule has 0 spiro atoms. The van der Waals surface area contributed by atoms with Crippen LogP contribution in [0.1, 0.15) is 30.8 Å².